The number of hydrogen-bond acceptors (Lipinski definition) is 5. The van der Waals surface area contributed by atoms with Crippen LogP contribution in [0.2, 0.25) is 0 Å². The van der Waals surface area contributed by atoms with Crippen LogP contribution in [0.1, 0.15) is 85.0 Å². The Morgan fingerprint density at radius 1 is 0.976 bits per heavy atom. The summed E-state index contributed by atoms with van der Waals surface area (Å²) in [6, 6.07) is 12.1. The summed E-state index contributed by atoms with van der Waals surface area (Å²) >= 11 is 0. The molecule has 3 aliphatic rings. The molecule has 1 spiro atoms. The van der Waals surface area contributed by atoms with Gasteiger partial charge in [0.05, 0.1) is 5.54 Å². The lowest BCUT2D eigenvalue weighted by Crippen LogP contribution is -2.56. The summed E-state index contributed by atoms with van der Waals surface area (Å²) in [4.78, 5) is 43.9. The van der Waals surface area contributed by atoms with Crippen molar-refractivity contribution in [2.75, 3.05) is 40.3 Å². The number of carbonyl (C=O) groups is 3. The van der Waals surface area contributed by atoms with Crippen LogP contribution in [0, 0.1) is 5.92 Å². The second kappa shape index (κ2) is 11.5. The van der Waals surface area contributed by atoms with E-state index in [9.17, 15) is 14.4 Å². The SMILES string of the molecule is CN(C)C(=O)c1ccc(CN2CCn3c(C(=O)NCC4CCN(C(=O)OC(C)(C)C)CC4)ccc3C23CCC3)cc1. The molecule has 3 amide bonds. The zero-order chi connectivity index (χ0) is 29.4. The van der Waals surface area contributed by atoms with Crippen LogP contribution in [0.25, 0.3) is 0 Å². The van der Waals surface area contributed by atoms with E-state index in [0.717, 1.165) is 51.0 Å². The summed E-state index contributed by atoms with van der Waals surface area (Å²) < 4.78 is 7.73. The van der Waals surface area contributed by atoms with Crippen molar-refractivity contribution >= 4 is 17.9 Å². The summed E-state index contributed by atoms with van der Waals surface area (Å²) in [6.07, 6.45) is 4.82. The van der Waals surface area contributed by atoms with Crippen molar-refractivity contribution < 1.29 is 19.1 Å². The number of amides is 3. The Labute approximate surface area is 243 Å². The van der Waals surface area contributed by atoms with Gasteiger partial charge in [0.25, 0.3) is 11.8 Å². The lowest BCUT2D eigenvalue weighted by molar-refractivity contribution is -0.0217. The zero-order valence-corrected chi connectivity index (χ0v) is 25.2. The van der Waals surface area contributed by atoms with Crippen LogP contribution in [0.3, 0.4) is 0 Å². The van der Waals surface area contributed by atoms with Gasteiger partial charge in [0, 0.05) is 64.6 Å². The summed E-state index contributed by atoms with van der Waals surface area (Å²) in [5, 5.41) is 3.18. The van der Waals surface area contributed by atoms with E-state index in [2.05, 4.69) is 33.0 Å². The number of fused-ring (bicyclic) bond motifs is 2. The second-order valence-corrected chi connectivity index (χ2v) is 13.1. The van der Waals surface area contributed by atoms with Gasteiger partial charge in [-0.25, -0.2) is 4.79 Å². The zero-order valence-electron chi connectivity index (χ0n) is 25.2. The first-order valence-corrected chi connectivity index (χ1v) is 15.0. The topological polar surface area (TPSA) is 87.1 Å². The molecule has 1 N–H and O–H groups in total. The van der Waals surface area contributed by atoms with Crippen molar-refractivity contribution in [2.24, 2.45) is 5.92 Å². The molecule has 1 saturated heterocycles. The van der Waals surface area contributed by atoms with Crippen LogP contribution >= 0.6 is 0 Å². The molecule has 1 aromatic carbocycles. The predicted octanol–water partition coefficient (Wildman–Crippen LogP) is 4.46. The monoisotopic (exact) mass is 563 g/mol. The smallest absolute Gasteiger partial charge is 0.410 e. The van der Waals surface area contributed by atoms with Crippen molar-refractivity contribution in [3.63, 3.8) is 0 Å². The van der Waals surface area contributed by atoms with Crippen LogP contribution < -0.4 is 5.32 Å². The molecule has 2 aliphatic heterocycles. The van der Waals surface area contributed by atoms with E-state index in [1.807, 2.05) is 39.0 Å². The third-order valence-electron chi connectivity index (χ3n) is 8.87. The van der Waals surface area contributed by atoms with E-state index in [1.165, 1.54) is 17.7 Å². The average Bonchev–Trinajstić information content (AvgIpc) is 3.34. The molecule has 3 heterocycles. The van der Waals surface area contributed by atoms with Crippen LogP contribution in [0.4, 0.5) is 4.79 Å². The Kier molecular flexibility index (Phi) is 8.19. The number of benzene rings is 1. The van der Waals surface area contributed by atoms with Gasteiger partial charge in [0.1, 0.15) is 11.3 Å². The lowest BCUT2D eigenvalue weighted by Gasteiger charge is -2.53. The van der Waals surface area contributed by atoms with Gasteiger partial charge in [0.2, 0.25) is 0 Å². The molecule has 1 aliphatic carbocycles. The van der Waals surface area contributed by atoms with Crippen molar-refractivity contribution in [3.8, 4) is 0 Å². The largest absolute Gasteiger partial charge is 0.444 e. The van der Waals surface area contributed by atoms with Crippen molar-refractivity contribution in [1.82, 2.24) is 24.6 Å². The minimum absolute atomic E-state index is 0.0138. The van der Waals surface area contributed by atoms with Crippen LogP contribution in [0.15, 0.2) is 36.4 Å². The van der Waals surface area contributed by atoms with E-state index in [1.54, 1.807) is 23.9 Å². The molecule has 5 rings (SSSR count). The number of aromatic nitrogens is 1. The fourth-order valence-corrected chi connectivity index (χ4v) is 6.43. The Hall–Kier alpha value is -3.33. The molecular weight excluding hydrogens is 518 g/mol. The van der Waals surface area contributed by atoms with E-state index < -0.39 is 5.60 Å². The third kappa shape index (κ3) is 6.15. The average molecular weight is 564 g/mol. The fourth-order valence-electron chi connectivity index (χ4n) is 6.43. The van der Waals surface area contributed by atoms with Gasteiger partial charge in [0.15, 0.2) is 0 Å². The predicted molar refractivity (Wildman–Crippen MR) is 158 cm³/mol. The molecule has 0 bridgehead atoms. The van der Waals surface area contributed by atoms with Gasteiger partial charge in [-0.3, -0.25) is 14.5 Å². The number of piperidine rings is 1. The number of nitrogens with one attached hydrogen (secondary N) is 1. The first-order chi connectivity index (χ1) is 19.5. The van der Waals surface area contributed by atoms with E-state index in [0.29, 0.717) is 31.1 Å². The highest BCUT2D eigenvalue weighted by Gasteiger charge is 2.48. The second-order valence-electron chi connectivity index (χ2n) is 13.1. The standard InChI is InChI=1S/C32H45N5O4/c1-31(2,3)41-30(40)35-17-13-23(14-18-35)21-33-28(38)26-11-12-27-32(15-6-16-32)36(19-20-37(26)27)22-24-7-9-25(10-8-24)29(39)34(4)5/h7-12,23H,6,13-22H2,1-5H3,(H,33,38). The van der Waals surface area contributed by atoms with Crippen molar-refractivity contribution in [3.05, 3.63) is 58.9 Å². The maximum absolute atomic E-state index is 13.3. The summed E-state index contributed by atoms with van der Waals surface area (Å²) in [6.45, 7) is 10.1. The molecule has 0 atom stereocenters. The molecule has 222 valence electrons. The molecular formula is C32H45N5O4. The molecule has 9 heteroatoms. The van der Waals surface area contributed by atoms with Crippen LogP contribution in [-0.2, 0) is 23.4 Å². The van der Waals surface area contributed by atoms with E-state index in [4.69, 9.17) is 4.74 Å². The molecule has 1 saturated carbocycles. The number of rotatable bonds is 6. The number of ether oxygens (including phenoxy) is 1. The summed E-state index contributed by atoms with van der Waals surface area (Å²) in [5.41, 5.74) is 3.35. The Morgan fingerprint density at radius 3 is 2.24 bits per heavy atom. The van der Waals surface area contributed by atoms with Crippen molar-refractivity contribution in [2.45, 2.75) is 77.1 Å². The quantitative estimate of drug-likeness (QED) is 0.561. The van der Waals surface area contributed by atoms with Crippen LogP contribution in [0.5, 0.6) is 0 Å². The Balaban J connectivity index is 1.18. The molecule has 2 aromatic rings. The maximum Gasteiger partial charge on any atom is 0.410 e. The first-order valence-electron chi connectivity index (χ1n) is 15.0. The van der Waals surface area contributed by atoms with Gasteiger partial charge in [-0.1, -0.05) is 12.1 Å². The molecule has 1 aromatic heterocycles. The molecule has 0 radical (unpaired) electrons. The van der Waals surface area contributed by atoms with Crippen molar-refractivity contribution in [1.29, 1.82) is 0 Å². The Bertz CT molecular complexity index is 1260. The minimum atomic E-state index is -0.494. The fraction of sp³-hybridized carbons (Fsp3) is 0.594. The number of nitrogens with zero attached hydrogens (tertiary/aromatic N) is 4. The first kappa shape index (κ1) is 29.2. The highest BCUT2D eigenvalue weighted by Crippen LogP contribution is 2.49. The van der Waals surface area contributed by atoms with Gasteiger partial charge in [-0.15, -0.1) is 0 Å². The summed E-state index contributed by atoms with van der Waals surface area (Å²) in [7, 11) is 3.54. The minimum Gasteiger partial charge on any atom is -0.444 e. The highest BCUT2D eigenvalue weighted by atomic mass is 16.6. The van der Waals surface area contributed by atoms with Gasteiger partial charge in [-0.2, -0.15) is 0 Å². The van der Waals surface area contributed by atoms with Gasteiger partial charge >= 0.3 is 6.09 Å². The number of carbonyl (C=O) groups excluding carboxylic acids is 3. The summed E-state index contributed by atoms with van der Waals surface area (Å²) in [5.74, 6) is 0.344. The van der Waals surface area contributed by atoms with E-state index >= 15 is 0 Å². The Morgan fingerprint density at radius 2 is 1.66 bits per heavy atom. The van der Waals surface area contributed by atoms with E-state index in [-0.39, 0.29) is 23.4 Å². The molecule has 41 heavy (non-hydrogen) atoms. The highest BCUT2D eigenvalue weighted by molar-refractivity contribution is 5.94. The number of hydrogen-bond donors (Lipinski definition) is 1. The normalized spacial score (nSPS) is 18.9. The number of likely N-dealkylation sites (tertiary alicyclic amines) is 1. The molecule has 0 unspecified atom stereocenters. The molecule has 2 fully saturated rings. The molecule has 9 nitrogen and oxygen atoms in total. The lowest BCUT2D eigenvalue weighted by atomic mass is 9.71. The third-order valence-corrected chi connectivity index (χ3v) is 8.87. The van der Waals surface area contributed by atoms with Gasteiger partial charge < -0.3 is 24.4 Å². The maximum atomic E-state index is 13.3. The van der Waals surface area contributed by atoms with Crippen LogP contribution in [-0.4, -0.2) is 83.0 Å². The van der Waals surface area contributed by atoms with Gasteiger partial charge in [-0.05, 0) is 88.6 Å².